The van der Waals surface area contributed by atoms with E-state index < -0.39 is 0 Å². The minimum absolute atomic E-state index is 0.0452. The molecule has 1 atom stereocenters. The van der Waals surface area contributed by atoms with Gasteiger partial charge < -0.3 is 15.1 Å². The molecule has 1 fully saturated rings. The van der Waals surface area contributed by atoms with Crippen molar-refractivity contribution in [2.45, 2.75) is 38.8 Å². The molecule has 0 aliphatic carbocycles. The number of likely N-dealkylation sites (tertiary alicyclic amines) is 1. The van der Waals surface area contributed by atoms with Gasteiger partial charge in [0.05, 0.1) is 6.54 Å². The van der Waals surface area contributed by atoms with Crippen LogP contribution in [0.25, 0.3) is 0 Å². The lowest BCUT2D eigenvalue weighted by Crippen LogP contribution is -2.50. The zero-order chi connectivity index (χ0) is 23.4. The van der Waals surface area contributed by atoms with E-state index in [4.69, 9.17) is 0 Å². The Morgan fingerprint density at radius 3 is 2.39 bits per heavy atom. The van der Waals surface area contributed by atoms with Gasteiger partial charge in [-0.15, -0.1) is 0 Å². The molecule has 0 spiro atoms. The van der Waals surface area contributed by atoms with Crippen molar-refractivity contribution >= 4 is 17.5 Å². The largest absolute Gasteiger partial charge is 0.378 e. The fourth-order valence-electron chi connectivity index (χ4n) is 4.83. The van der Waals surface area contributed by atoms with E-state index in [1.165, 1.54) is 5.56 Å². The first-order chi connectivity index (χ1) is 15.9. The van der Waals surface area contributed by atoms with Gasteiger partial charge >= 0.3 is 0 Å². The average molecular weight is 449 g/mol. The molecule has 0 aromatic heterocycles. The SMILES string of the molecule is CC1CCN(C(=O)C2c3ccccc3CCN2CC(=O)NCc2ccc(N(C)C)cc2)CC1. The van der Waals surface area contributed by atoms with Crippen LogP contribution in [0.15, 0.2) is 48.5 Å². The van der Waals surface area contributed by atoms with E-state index in [1.54, 1.807) is 0 Å². The van der Waals surface area contributed by atoms with Crippen molar-refractivity contribution in [1.82, 2.24) is 15.1 Å². The van der Waals surface area contributed by atoms with Crippen LogP contribution in [-0.4, -0.2) is 61.9 Å². The van der Waals surface area contributed by atoms with Gasteiger partial charge in [0.2, 0.25) is 11.8 Å². The Labute approximate surface area is 197 Å². The second-order valence-electron chi connectivity index (χ2n) is 9.67. The minimum atomic E-state index is -0.381. The van der Waals surface area contributed by atoms with Crippen LogP contribution in [-0.2, 0) is 22.6 Å². The lowest BCUT2D eigenvalue weighted by atomic mass is 9.90. The van der Waals surface area contributed by atoms with Crippen LogP contribution in [0.4, 0.5) is 5.69 Å². The van der Waals surface area contributed by atoms with Crippen molar-refractivity contribution in [3.8, 4) is 0 Å². The zero-order valence-electron chi connectivity index (χ0n) is 20.1. The lowest BCUT2D eigenvalue weighted by Gasteiger charge is -2.40. The van der Waals surface area contributed by atoms with Crippen LogP contribution in [0, 0.1) is 5.92 Å². The minimum Gasteiger partial charge on any atom is -0.378 e. The smallest absolute Gasteiger partial charge is 0.244 e. The van der Waals surface area contributed by atoms with E-state index in [0.29, 0.717) is 19.0 Å². The molecule has 0 saturated carbocycles. The summed E-state index contributed by atoms with van der Waals surface area (Å²) in [5, 5.41) is 3.04. The molecular weight excluding hydrogens is 412 g/mol. The molecule has 1 saturated heterocycles. The fraction of sp³-hybridized carbons (Fsp3) is 0.481. The topological polar surface area (TPSA) is 55.9 Å². The number of nitrogens with one attached hydrogen (secondary N) is 1. The van der Waals surface area contributed by atoms with Crippen molar-refractivity contribution in [1.29, 1.82) is 0 Å². The van der Waals surface area contributed by atoms with Crippen LogP contribution in [0.3, 0.4) is 0 Å². The summed E-state index contributed by atoms with van der Waals surface area (Å²) in [6.07, 6.45) is 2.96. The predicted molar refractivity (Wildman–Crippen MR) is 132 cm³/mol. The van der Waals surface area contributed by atoms with Crippen molar-refractivity contribution in [3.63, 3.8) is 0 Å². The standard InChI is InChI=1S/C27H36N4O2/c1-20-12-15-30(16-13-20)27(33)26-24-7-5-4-6-22(24)14-17-31(26)19-25(32)28-18-21-8-10-23(11-9-21)29(2)3/h4-11,20,26H,12-19H2,1-3H3,(H,28,32). The Morgan fingerprint density at radius 2 is 1.70 bits per heavy atom. The van der Waals surface area contributed by atoms with Crippen LogP contribution in [0.1, 0.15) is 42.5 Å². The number of piperidine rings is 1. The number of anilines is 1. The Kier molecular flexibility index (Phi) is 7.33. The molecule has 4 rings (SSSR count). The molecule has 6 heteroatoms. The van der Waals surface area contributed by atoms with Gasteiger partial charge in [-0.3, -0.25) is 14.5 Å². The summed E-state index contributed by atoms with van der Waals surface area (Å²) in [5.74, 6) is 0.763. The molecule has 6 nitrogen and oxygen atoms in total. The highest BCUT2D eigenvalue weighted by Gasteiger charge is 2.37. The first-order valence-corrected chi connectivity index (χ1v) is 12.1. The normalized spacial score (nSPS) is 19.1. The van der Waals surface area contributed by atoms with Crippen LogP contribution < -0.4 is 10.2 Å². The summed E-state index contributed by atoms with van der Waals surface area (Å²) in [6, 6.07) is 16.0. The number of amides is 2. The van der Waals surface area contributed by atoms with Gasteiger partial charge in [-0.1, -0.05) is 43.3 Å². The molecule has 33 heavy (non-hydrogen) atoms. The number of hydrogen-bond donors (Lipinski definition) is 1. The summed E-state index contributed by atoms with van der Waals surface area (Å²) < 4.78 is 0. The molecule has 2 amide bonds. The average Bonchev–Trinajstić information content (AvgIpc) is 2.83. The first-order valence-electron chi connectivity index (χ1n) is 12.1. The molecule has 2 aliphatic rings. The number of carbonyl (C=O) groups is 2. The number of carbonyl (C=O) groups excluding carboxylic acids is 2. The molecular formula is C27H36N4O2. The quantitative estimate of drug-likeness (QED) is 0.737. The van der Waals surface area contributed by atoms with Gasteiger partial charge in [0.25, 0.3) is 0 Å². The second kappa shape index (κ2) is 10.4. The molecule has 1 N–H and O–H groups in total. The monoisotopic (exact) mass is 448 g/mol. The molecule has 1 unspecified atom stereocenters. The highest BCUT2D eigenvalue weighted by atomic mass is 16.2. The highest BCUT2D eigenvalue weighted by Crippen LogP contribution is 2.32. The van der Waals surface area contributed by atoms with E-state index in [1.807, 2.05) is 43.3 Å². The van der Waals surface area contributed by atoms with E-state index in [0.717, 1.165) is 49.2 Å². The first kappa shape index (κ1) is 23.3. The van der Waals surface area contributed by atoms with E-state index >= 15 is 0 Å². The van der Waals surface area contributed by atoms with E-state index in [-0.39, 0.29) is 24.4 Å². The zero-order valence-corrected chi connectivity index (χ0v) is 20.1. The summed E-state index contributed by atoms with van der Waals surface area (Å²) in [7, 11) is 4.02. The van der Waals surface area contributed by atoms with Gasteiger partial charge in [-0.05, 0) is 54.0 Å². The maximum absolute atomic E-state index is 13.6. The fourth-order valence-corrected chi connectivity index (χ4v) is 4.83. The van der Waals surface area contributed by atoms with E-state index in [2.05, 4.69) is 46.3 Å². The number of benzene rings is 2. The van der Waals surface area contributed by atoms with Crippen LogP contribution in [0.5, 0.6) is 0 Å². The maximum Gasteiger partial charge on any atom is 0.244 e. The second-order valence-corrected chi connectivity index (χ2v) is 9.67. The molecule has 2 heterocycles. The number of rotatable bonds is 6. The predicted octanol–water partition coefficient (Wildman–Crippen LogP) is 3.23. The number of fused-ring (bicyclic) bond motifs is 1. The third-order valence-corrected chi connectivity index (χ3v) is 7.00. The van der Waals surface area contributed by atoms with Gasteiger partial charge in [-0.25, -0.2) is 0 Å². The summed E-state index contributed by atoms with van der Waals surface area (Å²) >= 11 is 0. The summed E-state index contributed by atoms with van der Waals surface area (Å²) in [5.41, 5.74) is 4.47. The summed E-state index contributed by atoms with van der Waals surface area (Å²) in [6.45, 7) is 5.29. The van der Waals surface area contributed by atoms with Crippen LogP contribution in [0.2, 0.25) is 0 Å². The van der Waals surface area contributed by atoms with Crippen LogP contribution >= 0.6 is 0 Å². The number of nitrogens with zero attached hydrogens (tertiary/aromatic N) is 3. The molecule has 0 radical (unpaired) electrons. The van der Waals surface area contributed by atoms with Crippen molar-refractivity contribution < 1.29 is 9.59 Å². The molecule has 0 bridgehead atoms. The van der Waals surface area contributed by atoms with Crippen molar-refractivity contribution in [3.05, 3.63) is 65.2 Å². The molecule has 2 aromatic carbocycles. The van der Waals surface area contributed by atoms with Gasteiger partial charge in [0.15, 0.2) is 0 Å². The maximum atomic E-state index is 13.6. The highest BCUT2D eigenvalue weighted by molar-refractivity contribution is 5.85. The number of hydrogen-bond acceptors (Lipinski definition) is 4. The Morgan fingerprint density at radius 1 is 1.00 bits per heavy atom. The van der Waals surface area contributed by atoms with Gasteiger partial charge in [0.1, 0.15) is 6.04 Å². The van der Waals surface area contributed by atoms with Crippen molar-refractivity contribution in [2.75, 3.05) is 45.2 Å². The molecule has 2 aliphatic heterocycles. The Bertz CT molecular complexity index is 964. The van der Waals surface area contributed by atoms with Crippen molar-refractivity contribution in [2.24, 2.45) is 5.92 Å². The summed E-state index contributed by atoms with van der Waals surface area (Å²) in [4.78, 5) is 32.6. The third kappa shape index (κ3) is 5.56. The Hall–Kier alpha value is -2.86. The van der Waals surface area contributed by atoms with Gasteiger partial charge in [-0.2, -0.15) is 0 Å². The lowest BCUT2D eigenvalue weighted by molar-refractivity contribution is -0.140. The third-order valence-electron chi connectivity index (χ3n) is 7.00. The Balaban J connectivity index is 1.43. The molecule has 176 valence electrons. The van der Waals surface area contributed by atoms with E-state index in [9.17, 15) is 9.59 Å². The molecule has 2 aromatic rings. The van der Waals surface area contributed by atoms with Gasteiger partial charge in [0, 0.05) is 46.0 Å².